The molecule has 0 aliphatic rings. The van der Waals surface area contributed by atoms with Crippen LogP contribution in [0.2, 0.25) is 4.31 Å². The number of allylic oxidation sites excluding steroid dienone is 1. The molecule has 0 N–H and O–H groups in total. The Labute approximate surface area is 134 Å². The SMILES string of the molecule is CC(C)(C)[Se]/C(=C\C#Cc1ccccc1)c1ccccc1. The molecule has 0 atom stereocenters. The molecule has 0 radical (unpaired) electrons. The van der Waals surface area contributed by atoms with E-state index >= 15 is 0 Å². The van der Waals surface area contributed by atoms with Crippen molar-refractivity contribution >= 4 is 19.4 Å². The van der Waals surface area contributed by atoms with Crippen molar-refractivity contribution in [1.29, 1.82) is 0 Å². The predicted octanol–water partition coefficient (Wildman–Crippen LogP) is 5.00. The van der Waals surface area contributed by atoms with Crippen molar-refractivity contribution in [1.82, 2.24) is 0 Å². The zero-order valence-corrected chi connectivity index (χ0v) is 14.5. The maximum atomic E-state index is 3.23. The molecule has 21 heavy (non-hydrogen) atoms. The van der Waals surface area contributed by atoms with Gasteiger partial charge in [0.25, 0.3) is 0 Å². The summed E-state index contributed by atoms with van der Waals surface area (Å²) in [6.45, 7) is 6.86. The molecular formula is C20H20Se. The fourth-order valence-electron chi connectivity index (χ4n) is 1.81. The molecular weight excluding hydrogens is 319 g/mol. The average Bonchev–Trinajstić information content (AvgIpc) is 2.47. The van der Waals surface area contributed by atoms with Gasteiger partial charge in [0.2, 0.25) is 0 Å². The molecule has 0 nitrogen and oxygen atoms in total. The fraction of sp³-hybridized carbons (Fsp3) is 0.200. The van der Waals surface area contributed by atoms with Crippen molar-refractivity contribution in [2.75, 3.05) is 0 Å². The summed E-state index contributed by atoms with van der Waals surface area (Å²) < 4.78 is 1.67. The van der Waals surface area contributed by atoms with Crippen LogP contribution in [0.4, 0.5) is 0 Å². The van der Waals surface area contributed by atoms with E-state index in [2.05, 4.69) is 69.0 Å². The van der Waals surface area contributed by atoms with Gasteiger partial charge in [-0.3, -0.25) is 0 Å². The molecule has 0 heterocycles. The Morgan fingerprint density at radius 2 is 1.48 bits per heavy atom. The van der Waals surface area contributed by atoms with Gasteiger partial charge < -0.3 is 0 Å². The molecule has 0 saturated heterocycles. The van der Waals surface area contributed by atoms with E-state index in [1.54, 1.807) is 0 Å². The number of rotatable bonds is 2. The van der Waals surface area contributed by atoms with Crippen molar-refractivity contribution in [3.63, 3.8) is 0 Å². The Kier molecular flexibility index (Phi) is 5.45. The van der Waals surface area contributed by atoms with Gasteiger partial charge in [-0.05, 0) is 0 Å². The van der Waals surface area contributed by atoms with E-state index in [0.717, 1.165) is 5.56 Å². The molecule has 0 amide bonds. The molecule has 0 saturated carbocycles. The van der Waals surface area contributed by atoms with Crippen molar-refractivity contribution in [3.8, 4) is 11.8 Å². The van der Waals surface area contributed by atoms with Gasteiger partial charge in [0.15, 0.2) is 0 Å². The first-order valence-corrected chi connectivity index (χ1v) is 8.77. The monoisotopic (exact) mass is 340 g/mol. The number of hydrogen-bond acceptors (Lipinski definition) is 0. The van der Waals surface area contributed by atoms with E-state index < -0.39 is 0 Å². The van der Waals surface area contributed by atoms with Gasteiger partial charge in [-0.2, -0.15) is 0 Å². The van der Waals surface area contributed by atoms with Crippen LogP contribution in [0.15, 0.2) is 66.7 Å². The summed E-state index contributed by atoms with van der Waals surface area (Å²) in [6.07, 6.45) is 2.09. The van der Waals surface area contributed by atoms with Gasteiger partial charge in [0, 0.05) is 0 Å². The average molecular weight is 339 g/mol. The minimum atomic E-state index is 0.309. The van der Waals surface area contributed by atoms with Crippen LogP contribution in [0.3, 0.4) is 0 Å². The molecule has 106 valence electrons. The zero-order valence-electron chi connectivity index (χ0n) is 12.8. The van der Waals surface area contributed by atoms with E-state index in [-0.39, 0.29) is 0 Å². The number of benzene rings is 2. The second-order valence-electron chi connectivity index (χ2n) is 5.72. The van der Waals surface area contributed by atoms with Gasteiger partial charge >= 0.3 is 134 Å². The van der Waals surface area contributed by atoms with Crippen LogP contribution in [0.25, 0.3) is 4.47 Å². The summed E-state index contributed by atoms with van der Waals surface area (Å²) >= 11 is 0.389. The normalized spacial score (nSPS) is 11.7. The molecule has 0 bridgehead atoms. The van der Waals surface area contributed by atoms with Gasteiger partial charge in [0.05, 0.1) is 0 Å². The Bertz CT molecular complexity index is 650. The van der Waals surface area contributed by atoms with Crippen LogP contribution in [0.5, 0.6) is 0 Å². The van der Waals surface area contributed by atoms with Crippen molar-refractivity contribution < 1.29 is 0 Å². The summed E-state index contributed by atoms with van der Waals surface area (Å²) in [5.41, 5.74) is 2.35. The van der Waals surface area contributed by atoms with Gasteiger partial charge in [0.1, 0.15) is 0 Å². The third kappa shape index (κ3) is 5.64. The van der Waals surface area contributed by atoms with Crippen LogP contribution < -0.4 is 0 Å². The van der Waals surface area contributed by atoms with Crippen LogP contribution in [0, 0.1) is 11.8 Å². The molecule has 2 rings (SSSR count). The molecule has 0 unspecified atom stereocenters. The molecule has 2 aromatic rings. The molecule has 1 heteroatoms. The van der Waals surface area contributed by atoms with Crippen LogP contribution in [-0.4, -0.2) is 15.0 Å². The second-order valence-corrected chi connectivity index (χ2v) is 9.65. The first-order chi connectivity index (χ1) is 10.0. The van der Waals surface area contributed by atoms with Crippen LogP contribution >= 0.6 is 0 Å². The number of hydrogen-bond donors (Lipinski definition) is 0. The summed E-state index contributed by atoms with van der Waals surface area (Å²) in [6, 6.07) is 20.7. The first kappa shape index (κ1) is 15.6. The third-order valence-corrected chi connectivity index (χ3v) is 5.16. The molecule has 2 aromatic carbocycles. The molecule has 0 aliphatic carbocycles. The van der Waals surface area contributed by atoms with Gasteiger partial charge in [-0.1, -0.05) is 0 Å². The minimum absolute atomic E-state index is 0.309. The standard InChI is InChI=1S/C20H20Se/c1-20(2,3)21-19(18-14-8-5-9-15-18)16-10-13-17-11-6-4-7-12-17/h4-9,11-12,14-16H,1-3H3/b19-16-. The van der Waals surface area contributed by atoms with E-state index in [4.69, 9.17) is 0 Å². The topological polar surface area (TPSA) is 0 Å². The maximum absolute atomic E-state index is 3.23. The first-order valence-electron chi connectivity index (χ1n) is 7.06. The van der Waals surface area contributed by atoms with E-state index in [1.165, 1.54) is 10.0 Å². The Hall–Kier alpha value is -1.74. The van der Waals surface area contributed by atoms with E-state index in [9.17, 15) is 0 Å². The van der Waals surface area contributed by atoms with Gasteiger partial charge in [-0.25, -0.2) is 0 Å². The van der Waals surface area contributed by atoms with Crippen molar-refractivity contribution in [2.24, 2.45) is 0 Å². The molecule has 0 aliphatic heterocycles. The molecule has 0 spiro atoms. The zero-order chi connectivity index (χ0) is 15.1. The van der Waals surface area contributed by atoms with Crippen molar-refractivity contribution in [2.45, 2.75) is 25.1 Å². The molecule has 0 fully saturated rings. The summed E-state index contributed by atoms with van der Waals surface area (Å²) in [7, 11) is 0. The van der Waals surface area contributed by atoms with E-state index in [1.807, 2.05) is 30.3 Å². The van der Waals surface area contributed by atoms with Crippen LogP contribution in [0.1, 0.15) is 31.9 Å². The second kappa shape index (κ2) is 7.32. The summed E-state index contributed by atoms with van der Waals surface area (Å²) in [4.78, 5) is 0. The van der Waals surface area contributed by atoms with Crippen molar-refractivity contribution in [3.05, 3.63) is 77.9 Å². The Balaban J connectivity index is 2.28. The summed E-state index contributed by atoms with van der Waals surface area (Å²) in [5.74, 6) is 6.44. The quantitative estimate of drug-likeness (QED) is 0.533. The Morgan fingerprint density at radius 1 is 0.905 bits per heavy atom. The fourth-order valence-corrected chi connectivity index (χ4v) is 3.97. The molecule has 0 aromatic heterocycles. The van der Waals surface area contributed by atoms with Crippen LogP contribution in [-0.2, 0) is 0 Å². The van der Waals surface area contributed by atoms with Gasteiger partial charge in [-0.15, -0.1) is 0 Å². The predicted molar refractivity (Wildman–Crippen MR) is 93.2 cm³/mol. The third-order valence-electron chi connectivity index (χ3n) is 2.67. The van der Waals surface area contributed by atoms with E-state index in [0.29, 0.717) is 19.3 Å². The Morgan fingerprint density at radius 3 is 2.05 bits per heavy atom. The summed E-state index contributed by atoms with van der Waals surface area (Å²) in [5, 5.41) is 0.